The van der Waals surface area contributed by atoms with Gasteiger partial charge in [0.2, 0.25) is 0 Å². The van der Waals surface area contributed by atoms with Crippen molar-refractivity contribution in [3.63, 3.8) is 0 Å². The maximum atomic E-state index is 11.9. The van der Waals surface area contributed by atoms with Gasteiger partial charge in [0.25, 0.3) is 0 Å². The molecule has 0 aliphatic carbocycles. The lowest BCUT2D eigenvalue weighted by atomic mass is 10.3. The summed E-state index contributed by atoms with van der Waals surface area (Å²) in [4.78, 5) is 24.2. The molecule has 0 saturated carbocycles. The largest absolute Gasteiger partial charge is 0.466 e. The third-order valence-electron chi connectivity index (χ3n) is 2.65. The molecule has 0 N–H and O–H groups in total. The molecule has 5 nitrogen and oxygen atoms in total. The quantitative estimate of drug-likeness (QED) is 0.796. The van der Waals surface area contributed by atoms with Crippen molar-refractivity contribution < 1.29 is 19.1 Å². The second-order valence-electron chi connectivity index (χ2n) is 4.57. The van der Waals surface area contributed by atoms with Crippen LogP contribution in [-0.2, 0) is 20.7 Å². The summed E-state index contributed by atoms with van der Waals surface area (Å²) in [6, 6.07) is 1.71. The first-order valence-electron chi connectivity index (χ1n) is 6.47. The highest BCUT2D eigenvalue weighted by atomic mass is 32.1. The molecule has 0 aliphatic heterocycles. The highest BCUT2D eigenvalue weighted by molar-refractivity contribution is 7.16. The third kappa shape index (κ3) is 3.01. The predicted octanol–water partition coefficient (Wildman–Crippen LogP) is 2.67. The molecule has 108 valence electrons. The van der Waals surface area contributed by atoms with Crippen LogP contribution in [0.15, 0.2) is 17.6 Å². The lowest BCUT2D eigenvalue weighted by Crippen LogP contribution is -2.11. The molecule has 0 bridgehead atoms. The van der Waals surface area contributed by atoms with Crippen LogP contribution in [-0.4, -0.2) is 29.1 Å². The topological polar surface area (TPSA) is 57.0 Å². The van der Waals surface area contributed by atoms with Crippen molar-refractivity contribution in [1.82, 2.24) is 4.40 Å². The summed E-state index contributed by atoms with van der Waals surface area (Å²) < 4.78 is 12.0. The molecule has 0 saturated heterocycles. The molecule has 0 spiro atoms. The van der Waals surface area contributed by atoms with Gasteiger partial charge in [0.1, 0.15) is 4.83 Å². The summed E-state index contributed by atoms with van der Waals surface area (Å²) in [5.74, 6) is -0.612. The van der Waals surface area contributed by atoms with Crippen molar-refractivity contribution in [2.24, 2.45) is 0 Å². The van der Waals surface area contributed by atoms with Crippen molar-refractivity contribution in [1.29, 1.82) is 0 Å². The minimum Gasteiger partial charge on any atom is -0.466 e. The number of rotatable bonds is 5. The van der Waals surface area contributed by atoms with Gasteiger partial charge in [-0.3, -0.25) is 4.79 Å². The number of aromatic nitrogens is 1. The first-order chi connectivity index (χ1) is 9.52. The van der Waals surface area contributed by atoms with E-state index in [1.54, 1.807) is 19.2 Å². The Balaban J connectivity index is 2.23. The van der Waals surface area contributed by atoms with E-state index in [2.05, 4.69) is 0 Å². The van der Waals surface area contributed by atoms with E-state index in [-0.39, 0.29) is 24.5 Å². The van der Waals surface area contributed by atoms with Gasteiger partial charge in [-0.15, -0.1) is 11.3 Å². The van der Waals surface area contributed by atoms with Crippen LogP contribution in [0.25, 0.3) is 4.83 Å². The van der Waals surface area contributed by atoms with Crippen LogP contribution in [0.3, 0.4) is 0 Å². The summed E-state index contributed by atoms with van der Waals surface area (Å²) >= 11 is 1.42. The molecule has 2 aromatic rings. The van der Waals surface area contributed by atoms with Gasteiger partial charge in [0.15, 0.2) is 0 Å². The molecule has 0 atom stereocenters. The van der Waals surface area contributed by atoms with Gasteiger partial charge in [0.05, 0.1) is 24.7 Å². The average molecular weight is 295 g/mol. The Morgan fingerprint density at radius 3 is 2.80 bits per heavy atom. The number of carbonyl (C=O) groups excluding carboxylic acids is 2. The van der Waals surface area contributed by atoms with Crippen LogP contribution < -0.4 is 0 Å². The van der Waals surface area contributed by atoms with E-state index in [1.807, 2.05) is 23.6 Å². The Kier molecular flexibility index (Phi) is 4.44. The number of hydrogen-bond acceptors (Lipinski definition) is 5. The molecule has 0 fully saturated rings. The molecular formula is C14H17NO4S. The van der Waals surface area contributed by atoms with Crippen LogP contribution in [0.1, 0.15) is 36.8 Å². The van der Waals surface area contributed by atoms with Crippen molar-refractivity contribution in [3.8, 4) is 0 Å². The zero-order valence-corrected chi connectivity index (χ0v) is 12.5. The minimum absolute atomic E-state index is 0.156. The lowest BCUT2D eigenvalue weighted by molar-refractivity contribution is -0.142. The lowest BCUT2D eigenvalue weighted by Gasteiger charge is -2.05. The van der Waals surface area contributed by atoms with E-state index >= 15 is 0 Å². The number of nitrogens with zero attached hydrogens (tertiary/aromatic N) is 1. The standard InChI is InChI=1S/C14H17NO4S/c1-4-18-12(16)7-10-8-20-13-11(5-6-15(10)13)14(17)19-9(2)3/h5-6,8-9H,4,7H2,1-3H3. The first-order valence-corrected chi connectivity index (χ1v) is 7.35. The highest BCUT2D eigenvalue weighted by Crippen LogP contribution is 2.23. The van der Waals surface area contributed by atoms with Gasteiger partial charge >= 0.3 is 11.9 Å². The van der Waals surface area contributed by atoms with Gasteiger partial charge in [0, 0.05) is 17.3 Å². The summed E-state index contributed by atoms with van der Waals surface area (Å²) in [5.41, 5.74) is 1.34. The fourth-order valence-electron chi connectivity index (χ4n) is 1.86. The predicted molar refractivity (Wildman–Crippen MR) is 76.2 cm³/mol. The van der Waals surface area contributed by atoms with Gasteiger partial charge in [-0.2, -0.15) is 0 Å². The number of fused-ring (bicyclic) bond motifs is 1. The Morgan fingerprint density at radius 2 is 2.15 bits per heavy atom. The highest BCUT2D eigenvalue weighted by Gasteiger charge is 2.18. The molecule has 0 unspecified atom stereocenters. The van der Waals surface area contributed by atoms with Crippen molar-refractivity contribution in [2.45, 2.75) is 33.3 Å². The second-order valence-corrected chi connectivity index (χ2v) is 5.43. The molecule has 0 aliphatic rings. The van der Waals surface area contributed by atoms with E-state index in [0.29, 0.717) is 12.2 Å². The zero-order valence-electron chi connectivity index (χ0n) is 11.7. The number of thiazole rings is 1. The third-order valence-corrected chi connectivity index (χ3v) is 3.68. The van der Waals surface area contributed by atoms with Crippen LogP contribution in [0.4, 0.5) is 0 Å². The monoisotopic (exact) mass is 295 g/mol. The summed E-state index contributed by atoms with van der Waals surface area (Å²) in [6.45, 7) is 5.76. The molecule has 2 heterocycles. The molecule has 0 radical (unpaired) electrons. The van der Waals surface area contributed by atoms with E-state index in [0.717, 1.165) is 10.5 Å². The number of carbonyl (C=O) groups is 2. The zero-order chi connectivity index (χ0) is 14.7. The Labute approximate surface area is 121 Å². The van der Waals surface area contributed by atoms with Gasteiger partial charge in [-0.25, -0.2) is 4.79 Å². The summed E-state index contributed by atoms with van der Waals surface area (Å²) in [7, 11) is 0. The molecule has 2 aromatic heterocycles. The fourth-order valence-corrected chi connectivity index (χ4v) is 2.88. The van der Waals surface area contributed by atoms with E-state index < -0.39 is 0 Å². The van der Waals surface area contributed by atoms with Gasteiger partial charge in [-0.1, -0.05) is 0 Å². The van der Waals surface area contributed by atoms with Crippen molar-refractivity contribution in [2.75, 3.05) is 6.61 Å². The fraction of sp³-hybridized carbons (Fsp3) is 0.429. The van der Waals surface area contributed by atoms with Crippen LogP contribution >= 0.6 is 11.3 Å². The van der Waals surface area contributed by atoms with Crippen LogP contribution in [0.5, 0.6) is 0 Å². The Hall–Kier alpha value is -1.82. The van der Waals surface area contributed by atoms with E-state index in [4.69, 9.17) is 9.47 Å². The number of hydrogen-bond donors (Lipinski definition) is 0. The normalized spacial score (nSPS) is 11.0. The maximum Gasteiger partial charge on any atom is 0.341 e. The molecule has 6 heteroatoms. The van der Waals surface area contributed by atoms with Crippen molar-refractivity contribution >= 4 is 28.1 Å². The smallest absolute Gasteiger partial charge is 0.341 e. The van der Waals surface area contributed by atoms with Crippen LogP contribution in [0, 0.1) is 0 Å². The summed E-state index contributed by atoms with van der Waals surface area (Å²) in [5, 5.41) is 1.86. The van der Waals surface area contributed by atoms with Crippen molar-refractivity contribution in [3.05, 3.63) is 28.9 Å². The minimum atomic E-state index is -0.341. The molecule has 0 amide bonds. The number of esters is 2. The first kappa shape index (κ1) is 14.6. The SMILES string of the molecule is CCOC(=O)Cc1csc2c(C(=O)OC(C)C)ccn12. The molecule has 20 heavy (non-hydrogen) atoms. The Morgan fingerprint density at radius 1 is 1.40 bits per heavy atom. The Bertz CT molecular complexity index is 626. The van der Waals surface area contributed by atoms with E-state index in [9.17, 15) is 9.59 Å². The average Bonchev–Trinajstić information content (AvgIpc) is 2.91. The summed E-state index contributed by atoms with van der Waals surface area (Å²) in [6.07, 6.45) is 1.81. The molecule has 2 rings (SSSR count). The molecule has 0 aromatic carbocycles. The van der Waals surface area contributed by atoms with Gasteiger partial charge < -0.3 is 13.9 Å². The second kappa shape index (κ2) is 6.09. The van der Waals surface area contributed by atoms with Gasteiger partial charge in [-0.05, 0) is 26.8 Å². The number of ether oxygens (including phenoxy) is 2. The molecular weight excluding hydrogens is 278 g/mol. The van der Waals surface area contributed by atoms with E-state index in [1.165, 1.54) is 11.3 Å². The maximum absolute atomic E-state index is 11.9. The van der Waals surface area contributed by atoms with Crippen LogP contribution in [0.2, 0.25) is 0 Å².